The zero-order valence-electron chi connectivity index (χ0n) is 13.6. The van der Waals surface area contributed by atoms with Crippen LogP contribution in [-0.2, 0) is 6.42 Å². The van der Waals surface area contributed by atoms with Gasteiger partial charge in [-0.25, -0.2) is 0 Å². The molecular formula is C19H23NO3. The summed E-state index contributed by atoms with van der Waals surface area (Å²) in [5, 5.41) is 20.9. The molecule has 0 heterocycles. The molecule has 4 nitrogen and oxygen atoms in total. The summed E-state index contributed by atoms with van der Waals surface area (Å²) in [5.41, 5.74) is 8.07. The van der Waals surface area contributed by atoms with Gasteiger partial charge in [-0.2, -0.15) is 0 Å². The van der Waals surface area contributed by atoms with Crippen molar-refractivity contribution < 1.29 is 15.0 Å². The van der Waals surface area contributed by atoms with Gasteiger partial charge in [-0.1, -0.05) is 49.6 Å². The molecule has 4 heteroatoms. The number of unbranched alkanes of at least 4 members (excludes halogenated alkanes) is 2. The summed E-state index contributed by atoms with van der Waals surface area (Å²) in [6.07, 6.45) is 3.53. The van der Waals surface area contributed by atoms with Crippen molar-refractivity contribution in [2.75, 3.05) is 0 Å². The Morgan fingerprint density at radius 1 is 1.17 bits per heavy atom. The highest BCUT2D eigenvalue weighted by Gasteiger charge is 2.21. The van der Waals surface area contributed by atoms with Crippen LogP contribution in [-0.4, -0.2) is 16.1 Å². The van der Waals surface area contributed by atoms with Crippen LogP contribution in [0.25, 0.3) is 11.1 Å². The first kappa shape index (κ1) is 16.9. The molecule has 0 aromatic heterocycles. The van der Waals surface area contributed by atoms with Gasteiger partial charge in [0.15, 0.2) is 0 Å². The van der Waals surface area contributed by atoms with E-state index in [1.165, 1.54) is 0 Å². The number of carbonyl (C=O) groups excluding carboxylic acids is 1. The zero-order chi connectivity index (χ0) is 17.0. The molecule has 0 fully saturated rings. The Morgan fingerprint density at radius 2 is 1.91 bits per heavy atom. The number of hydrogen-bond acceptors (Lipinski definition) is 3. The van der Waals surface area contributed by atoms with E-state index in [9.17, 15) is 15.0 Å². The Kier molecular flexibility index (Phi) is 5.27. The lowest BCUT2D eigenvalue weighted by Gasteiger charge is -2.15. The topological polar surface area (TPSA) is 83.6 Å². The second-order valence-electron chi connectivity index (χ2n) is 5.84. The van der Waals surface area contributed by atoms with Crippen LogP contribution < -0.4 is 5.73 Å². The summed E-state index contributed by atoms with van der Waals surface area (Å²) in [5.74, 6) is -0.956. The zero-order valence-corrected chi connectivity index (χ0v) is 13.6. The van der Waals surface area contributed by atoms with Crippen LogP contribution in [0.5, 0.6) is 11.5 Å². The molecule has 4 N–H and O–H groups in total. The first-order valence-corrected chi connectivity index (χ1v) is 7.90. The van der Waals surface area contributed by atoms with Gasteiger partial charge >= 0.3 is 0 Å². The molecule has 0 unspecified atom stereocenters. The Labute approximate surface area is 136 Å². The van der Waals surface area contributed by atoms with Crippen LogP contribution in [0.3, 0.4) is 0 Å². The highest BCUT2D eigenvalue weighted by atomic mass is 16.3. The molecule has 0 aliphatic carbocycles. The van der Waals surface area contributed by atoms with Gasteiger partial charge in [0.2, 0.25) is 0 Å². The first-order valence-electron chi connectivity index (χ1n) is 7.90. The second kappa shape index (κ2) is 7.18. The third-order valence-electron chi connectivity index (χ3n) is 3.96. The van der Waals surface area contributed by atoms with E-state index in [-0.39, 0.29) is 22.6 Å². The highest BCUT2D eigenvalue weighted by Crippen LogP contribution is 2.42. The minimum absolute atomic E-state index is 0.0374. The third kappa shape index (κ3) is 3.65. The predicted molar refractivity (Wildman–Crippen MR) is 91.7 cm³/mol. The molecule has 2 aromatic carbocycles. The fraction of sp³-hybridized carbons (Fsp3) is 0.316. The summed E-state index contributed by atoms with van der Waals surface area (Å²) in [6.45, 7) is 4.01. The molecule has 0 saturated carbocycles. The molecule has 0 saturated heterocycles. The maximum atomic E-state index is 11.8. The summed E-state index contributed by atoms with van der Waals surface area (Å²) in [6, 6.07) is 8.93. The van der Waals surface area contributed by atoms with Gasteiger partial charge in [0.25, 0.3) is 5.91 Å². The number of aryl methyl sites for hydroxylation is 2. The maximum Gasteiger partial charge on any atom is 0.252 e. The standard InChI is InChI=1S/C19H23NO3/c1-3-4-5-8-14-11-15(21)16(18(22)17(14)19(20)23)13-9-6-7-12(2)10-13/h6-7,9-11,21-22H,3-5,8H2,1-2H3,(H2,20,23). The van der Waals surface area contributed by atoms with Gasteiger partial charge in [0.05, 0.1) is 11.1 Å². The second-order valence-corrected chi connectivity index (χ2v) is 5.84. The lowest BCUT2D eigenvalue weighted by Crippen LogP contribution is -2.14. The van der Waals surface area contributed by atoms with Crippen molar-refractivity contribution in [3.05, 3.63) is 47.0 Å². The maximum absolute atomic E-state index is 11.8. The van der Waals surface area contributed by atoms with Gasteiger partial charge in [0.1, 0.15) is 11.5 Å². The lowest BCUT2D eigenvalue weighted by molar-refractivity contribution is 0.0997. The van der Waals surface area contributed by atoms with Crippen molar-refractivity contribution in [3.8, 4) is 22.6 Å². The number of hydrogen-bond donors (Lipinski definition) is 3. The molecule has 1 amide bonds. The minimum atomic E-state index is -0.678. The Bertz CT molecular complexity index is 723. The van der Waals surface area contributed by atoms with E-state index in [4.69, 9.17) is 5.73 Å². The van der Waals surface area contributed by atoms with E-state index in [0.29, 0.717) is 17.5 Å². The number of phenols is 2. The average Bonchev–Trinajstić information content (AvgIpc) is 2.46. The number of aromatic hydroxyl groups is 2. The summed E-state index contributed by atoms with van der Waals surface area (Å²) in [4.78, 5) is 11.8. The SMILES string of the molecule is CCCCCc1cc(O)c(-c2cccc(C)c2)c(O)c1C(N)=O. The first-order chi connectivity index (χ1) is 11.0. The van der Waals surface area contributed by atoms with E-state index in [2.05, 4.69) is 6.92 Å². The Hall–Kier alpha value is -2.49. The van der Waals surface area contributed by atoms with Crippen LogP contribution in [0.2, 0.25) is 0 Å². The van der Waals surface area contributed by atoms with Gasteiger partial charge in [-0.15, -0.1) is 0 Å². The van der Waals surface area contributed by atoms with Crippen LogP contribution in [0, 0.1) is 6.92 Å². The van der Waals surface area contributed by atoms with Crippen molar-refractivity contribution in [3.63, 3.8) is 0 Å². The van der Waals surface area contributed by atoms with Crippen molar-refractivity contribution >= 4 is 5.91 Å². The van der Waals surface area contributed by atoms with Crippen LogP contribution in [0.15, 0.2) is 30.3 Å². The number of amides is 1. The van der Waals surface area contributed by atoms with Crippen molar-refractivity contribution in [1.29, 1.82) is 0 Å². The lowest BCUT2D eigenvalue weighted by atomic mass is 9.92. The molecule has 0 bridgehead atoms. The van der Waals surface area contributed by atoms with Crippen molar-refractivity contribution in [2.45, 2.75) is 39.5 Å². The van der Waals surface area contributed by atoms with Crippen molar-refractivity contribution in [2.24, 2.45) is 5.73 Å². The fourth-order valence-electron chi connectivity index (χ4n) is 2.83. The van der Waals surface area contributed by atoms with Gasteiger partial charge in [-0.3, -0.25) is 4.79 Å². The number of carbonyl (C=O) groups is 1. The molecule has 0 spiro atoms. The van der Waals surface area contributed by atoms with Crippen molar-refractivity contribution in [1.82, 2.24) is 0 Å². The van der Waals surface area contributed by atoms with E-state index in [1.54, 1.807) is 12.1 Å². The number of primary amides is 1. The van der Waals surface area contributed by atoms with E-state index in [0.717, 1.165) is 24.8 Å². The summed E-state index contributed by atoms with van der Waals surface area (Å²) >= 11 is 0. The number of benzene rings is 2. The molecular weight excluding hydrogens is 290 g/mol. The van der Waals surface area contributed by atoms with Gasteiger partial charge < -0.3 is 15.9 Å². The van der Waals surface area contributed by atoms with Crippen LogP contribution in [0.4, 0.5) is 0 Å². The van der Waals surface area contributed by atoms with Gasteiger partial charge in [-0.05, 0) is 37.0 Å². The molecule has 2 rings (SSSR count). The molecule has 0 aliphatic heterocycles. The van der Waals surface area contributed by atoms with Crippen LogP contribution >= 0.6 is 0 Å². The van der Waals surface area contributed by atoms with E-state index in [1.807, 2.05) is 25.1 Å². The molecule has 122 valence electrons. The van der Waals surface area contributed by atoms with Crippen LogP contribution in [0.1, 0.15) is 47.7 Å². The number of rotatable bonds is 6. The van der Waals surface area contributed by atoms with E-state index >= 15 is 0 Å². The largest absolute Gasteiger partial charge is 0.507 e. The third-order valence-corrected chi connectivity index (χ3v) is 3.96. The average molecular weight is 313 g/mol. The molecule has 0 radical (unpaired) electrons. The number of nitrogens with two attached hydrogens (primary N) is 1. The predicted octanol–water partition coefficient (Wildman–Crippen LogP) is 3.90. The smallest absolute Gasteiger partial charge is 0.252 e. The fourth-order valence-corrected chi connectivity index (χ4v) is 2.83. The monoisotopic (exact) mass is 313 g/mol. The quantitative estimate of drug-likeness (QED) is 0.707. The normalized spacial score (nSPS) is 10.7. The molecule has 0 atom stereocenters. The molecule has 23 heavy (non-hydrogen) atoms. The molecule has 2 aromatic rings. The Balaban J connectivity index is 2.57. The minimum Gasteiger partial charge on any atom is -0.507 e. The highest BCUT2D eigenvalue weighted by molar-refractivity contribution is 6.00. The van der Waals surface area contributed by atoms with E-state index < -0.39 is 5.91 Å². The summed E-state index contributed by atoms with van der Waals surface area (Å²) < 4.78 is 0. The Morgan fingerprint density at radius 3 is 2.52 bits per heavy atom. The van der Waals surface area contributed by atoms with Gasteiger partial charge in [0, 0.05) is 0 Å². The number of phenolic OH excluding ortho intramolecular Hbond substituents is 1. The molecule has 0 aliphatic rings. The summed E-state index contributed by atoms with van der Waals surface area (Å²) in [7, 11) is 0.